The Morgan fingerprint density at radius 2 is 1.18 bits per heavy atom. The molecule has 3 aromatic carbocycles. The fourth-order valence-electron chi connectivity index (χ4n) is 5.08. The molecule has 6 atom stereocenters. The van der Waals surface area contributed by atoms with Crippen LogP contribution in [0.15, 0.2) is 104 Å². The Labute approximate surface area is 233 Å². The molecule has 0 aliphatic carbocycles. The molecule has 1 aliphatic rings. The lowest BCUT2D eigenvalue weighted by Crippen LogP contribution is -2.62. The van der Waals surface area contributed by atoms with Crippen molar-refractivity contribution in [2.24, 2.45) is 5.92 Å². The van der Waals surface area contributed by atoms with Crippen molar-refractivity contribution in [1.29, 1.82) is 0 Å². The number of hydrogen-bond donors (Lipinski definition) is 0. The SMILES string of the molecule is C=C[C@H](CCCC)[C@H]1O[C@H](OC)[C@@H](OCc2ccccc2)[C@@H](OCc2ccccc2)[C@@H]1OCc1ccccc1. The van der Waals surface area contributed by atoms with Crippen LogP contribution in [0.1, 0.15) is 42.9 Å². The third-order valence-electron chi connectivity index (χ3n) is 7.23. The first-order valence-electron chi connectivity index (χ1n) is 14.0. The minimum absolute atomic E-state index is 0.0845. The van der Waals surface area contributed by atoms with E-state index in [2.05, 4.69) is 49.9 Å². The molecule has 5 heteroatoms. The van der Waals surface area contributed by atoms with E-state index in [1.165, 1.54) is 0 Å². The van der Waals surface area contributed by atoms with Gasteiger partial charge in [0.25, 0.3) is 0 Å². The van der Waals surface area contributed by atoms with Gasteiger partial charge in [-0.05, 0) is 23.1 Å². The zero-order valence-corrected chi connectivity index (χ0v) is 23.2. The molecular weight excluding hydrogens is 488 g/mol. The monoisotopic (exact) mass is 530 g/mol. The highest BCUT2D eigenvalue weighted by Gasteiger charge is 2.50. The zero-order valence-electron chi connectivity index (χ0n) is 23.2. The van der Waals surface area contributed by atoms with Crippen LogP contribution < -0.4 is 0 Å². The Bertz CT molecular complexity index is 1070. The average molecular weight is 531 g/mol. The molecular formula is C34H42O5. The normalized spacial score (nSPS) is 23.8. The van der Waals surface area contributed by atoms with Crippen molar-refractivity contribution < 1.29 is 23.7 Å². The van der Waals surface area contributed by atoms with Gasteiger partial charge in [0.2, 0.25) is 0 Å². The van der Waals surface area contributed by atoms with Gasteiger partial charge in [-0.1, -0.05) is 117 Å². The Kier molecular flexibility index (Phi) is 11.8. The van der Waals surface area contributed by atoms with Crippen LogP contribution in [-0.2, 0) is 43.5 Å². The maximum absolute atomic E-state index is 6.69. The zero-order chi connectivity index (χ0) is 27.3. The molecule has 0 unspecified atom stereocenters. The molecule has 0 spiro atoms. The average Bonchev–Trinajstić information content (AvgIpc) is 3.00. The first-order valence-corrected chi connectivity index (χ1v) is 14.0. The molecule has 39 heavy (non-hydrogen) atoms. The quantitative estimate of drug-likeness (QED) is 0.196. The van der Waals surface area contributed by atoms with E-state index in [-0.39, 0.29) is 18.1 Å². The van der Waals surface area contributed by atoms with Crippen LogP contribution in [0.5, 0.6) is 0 Å². The summed E-state index contributed by atoms with van der Waals surface area (Å²) in [4.78, 5) is 0. The largest absolute Gasteiger partial charge is 0.368 e. The van der Waals surface area contributed by atoms with E-state index >= 15 is 0 Å². The summed E-state index contributed by atoms with van der Waals surface area (Å²) in [6.07, 6.45) is 2.90. The van der Waals surface area contributed by atoms with E-state index < -0.39 is 18.5 Å². The van der Waals surface area contributed by atoms with Gasteiger partial charge >= 0.3 is 0 Å². The summed E-state index contributed by atoms with van der Waals surface area (Å²) in [7, 11) is 1.66. The third kappa shape index (κ3) is 8.34. The van der Waals surface area contributed by atoms with Gasteiger partial charge in [0.05, 0.1) is 25.9 Å². The highest BCUT2D eigenvalue weighted by atomic mass is 16.7. The first-order chi connectivity index (χ1) is 19.2. The van der Waals surface area contributed by atoms with Crippen LogP contribution in [0, 0.1) is 5.92 Å². The minimum atomic E-state index is -0.611. The second-order valence-electron chi connectivity index (χ2n) is 10.0. The number of benzene rings is 3. The smallest absolute Gasteiger partial charge is 0.186 e. The van der Waals surface area contributed by atoms with E-state index in [9.17, 15) is 0 Å². The first kappa shape index (κ1) is 29.2. The molecule has 1 saturated heterocycles. The summed E-state index contributed by atoms with van der Waals surface area (Å²) in [5, 5.41) is 0. The minimum Gasteiger partial charge on any atom is -0.368 e. The van der Waals surface area contributed by atoms with E-state index in [0.29, 0.717) is 19.8 Å². The Hall–Kier alpha value is -2.80. The van der Waals surface area contributed by atoms with E-state index in [4.69, 9.17) is 23.7 Å². The van der Waals surface area contributed by atoms with Gasteiger partial charge in [-0.25, -0.2) is 0 Å². The van der Waals surface area contributed by atoms with Crippen LogP contribution >= 0.6 is 0 Å². The summed E-state index contributed by atoms with van der Waals surface area (Å²) in [5.74, 6) is 0.0845. The molecule has 0 bridgehead atoms. The number of methoxy groups -OCH3 is 1. The second-order valence-corrected chi connectivity index (χ2v) is 10.0. The molecule has 0 radical (unpaired) electrons. The van der Waals surface area contributed by atoms with Crippen LogP contribution in [0.4, 0.5) is 0 Å². The molecule has 1 fully saturated rings. The molecule has 5 nitrogen and oxygen atoms in total. The van der Waals surface area contributed by atoms with E-state index in [1.54, 1.807) is 7.11 Å². The topological polar surface area (TPSA) is 46.2 Å². The third-order valence-corrected chi connectivity index (χ3v) is 7.23. The maximum atomic E-state index is 6.69. The summed E-state index contributed by atoms with van der Waals surface area (Å²) in [6, 6.07) is 30.5. The highest BCUT2D eigenvalue weighted by molar-refractivity contribution is 5.16. The molecule has 4 rings (SSSR count). The number of ether oxygens (including phenoxy) is 5. The number of rotatable bonds is 15. The molecule has 0 saturated carbocycles. The summed E-state index contributed by atoms with van der Waals surface area (Å²) < 4.78 is 32.4. The van der Waals surface area contributed by atoms with Gasteiger partial charge in [-0.2, -0.15) is 0 Å². The van der Waals surface area contributed by atoms with E-state index in [1.807, 2.05) is 60.7 Å². The van der Waals surface area contributed by atoms with Crippen molar-refractivity contribution >= 4 is 0 Å². The van der Waals surface area contributed by atoms with Crippen LogP contribution in [0.2, 0.25) is 0 Å². The predicted molar refractivity (Wildman–Crippen MR) is 154 cm³/mol. The van der Waals surface area contributed by atoms with Crippen LogP contribution in [0.25, 0.3) is 0 Å². The second kappa shape index (κ2) is 15.7. The van der Waals surface area contributed by atoms with Gasteiger partial charge in [-0.15, -0.1) is 6.58 Å². The fourth-order valence-corrected chi connectivity index (χ4v) is 5.08. The number of hydrogen-bond acceptors (Lipinski definition) is 5. The number of unbranched alkanes of at least 4 members (excludes halogenated alkanes) is 1. The molecule has 208 valence electrons. The van der Waals surface area contributed by atoms with Crippen molar-refractivity contribution in [1.82, 2.24) is 0 Å². The van der Waals surface area contributed by atoms with Crippen LogP contribution in [0.3, 0.4) is 0 Å². The fraction of sp³-hybridized carbons (Fsp3) is 0.412. The van der Waals surface area contributed by atoms with Crippen molar-refractivity contribution in [2.75, 3.05) is 7.11 Å². The lowest BCUT2D eigenvalue weighted by atomic mass is 9.86. The van der Waals surface area contributed by atoms with Gasteiger partial charge in [0, 0.05) is 13.0 Å². The summed E-state index contributed by atoms with van der Waals surface area (Å²) in [5.41, 5.74) is 3.26. The van der Waals surface area contributed by atoms with Crippen molar-refractivity contribution in [3.8, 4) is 0 Å². The summed E-state index contributed by atoms with van der Waals surface area (Å²) in [6.45, 7) is 7.64. The Morgan fingerprint density at radius 1 is 0.718 bits per heavy atom. The Balaban J connectivity index is 1.65. The van der Waals surface area contributed by atoms with Crippen LogP contribution in [-0.4, -0.2) is 37.8 Å². The van der Waals surface area contributed by atoms with Crippen molar-refractivity contribution in [3.63, 3.8) is 0 Å². The molecule has 1 aliphatic heterocycles. The van der Waals surface area contributed by atoms with Gasteiger partial charge in [0.15, 0.2) is 6.29 Å². The lowest BCUT2D eigenvalue weighted by Gasteiger charge is -2.47. The standard InChI is InChI=1S/C34H42O5/c1-4-6-22-29(5-2)30-31(36-23-26-16-10-7-11-17-26)32(37-24-27-18-12-8-13-19-27)33(34(35-3)39-30)38-25-28-20-14-9-15-21-28/h5,7-21,29-34H,2,4,6,22-25H2,1,3H3/t29-,30-,31-,32+,33+,34+/m1/s1. The van der Waals surface area contributed by atoms with E-state index in [0.717, 1.165) is 36.0 Å². The maximum Gasteiger partial charge on any atom is 0.186 e. The van der Waals surface area contributed by atoms with Gasteiger partial charge < -0.3 is 23.7 Å². The molecule has 1 heterocycles. The predicted octanol–water partition coefficient (Wildman–Crippen LogP) is 7.11. The van der Waals surface area contributed by atoms with Gasteiger partial charge in [-0.3, -0.25) is 0 Å². The lowest BCUT2D eigenvalue weighted by molar-refractivity contribution is -0.323. The molecule has 3 aromatic rings. The van der Waals surface area contributed by atoms with Crippen molar-refractivity contribution in [2.45, 2.75) is 76.7 Å². The molecule has 0 aromatic heterocycles. The molecule has 0 amide bonds. The van der Waals surface area contributed by atoms with Gasteiger partial charge in [0.1, 0.15) is 18.3 Å². The highest BCUT2D eigenvalue weighted by Crippen LogP contribution is 2.35. The molecule has 0 N–H and O–H groups in total. The Morgan fingerprint density at radius 3 is 1.62 bits per heavy atom. The summed E-state index contributed by atoms with van der Waals surface area (Å²) >= 11 is 0. The van der Waals surface area contributed by atoms with Crippen molar-refractivity contribution in [3.05, 3.63) is 120 Å².